The summed E-state index contributed by atoms with van der Waals surface area (Å²) in [4.78, 5) is 25.2. The Balaban J connectivity index is 1.83. The van der Waals surface area contributed by atoms with Gasteiger partial charge in [-0.2, -0.15) is 0 Å². The number of hydrogen-bond acceptors (Lipinski definition) is 5. The van der Waals surface area contributed by atoms with E-state index in [1.54, 1.807) is 25.1 Å². The van der Waals surface area contributed by atoms with Gasteiger partial charge in [0.15, 0.2) is 6.61 Å². The summed E-state index contributed by atoms with van der Waals surface area (Å²) in [5.74, 6) is -0.262. The molecular weight excluding hydrogens is 434 g/mol. The van der Waals surface area contributed by atoms with Crippen molar-refractivity contribution in [3.8, 4) is 16.9 Å². The van der Waals surface area contributed by atoms with E-state index in [9.17, 15) is 9.59 Å². The third kappa shape index (κ3) is 5.46. The van der Waals surface area contributed by atoms with Gasteiger partial charge in [0.05, 0.1) is 6.61 Å². The van der Waals surface area contributed by atoms with Gasteiger partial charge in [-0.05, 0) is 68.1 Å². The maximum atomic E-state index is 12.7. The average Bonchev–Trinajstić information content (AvgIpc) is 3.13. The maximum absolute atomic E-state index is 12.7. The molecule has 31 heavy (non-hydrogen) atoms. The van der Waals surface area contributed by atoms with Crippen LogP contribution in [0.2, 0.25) is 5.02 Å². The predicted molar refractivity (Wildman–Crippen MR) is 125 cm³/mol. The molecule has 1 aromatic heterocycles. The van der Waals surface area contributed by atoms with Crippen LogP contribution in [0.4, 0.5) is 5.00 Å². The van der Waals surface area contributed by atoms with Gasteiger partial charge in [0.1, 0.15) is 16.3 Å². The van der Waals surface area contributed by atoms with E-state index >= 15 is 0 Å². The van der Waals surface area contributed by atoms with Crippen LogP contribution in [0.15, 0.2) is 41.8 Å². The number of nitrogens with one attached hydrogen (secondary N) is 1. The Morgan fingerprint density at radius 2 is 1.81 bits per heavy atom. The van der Waals surface area contributed by atoms with E-state index in [0.717, 1.165) is 22.3 Å². The van der Waals surface area contributed by atoms with Crippen molar-refractivity contribution in [2.45, 2.75) is 27.7 Å². The average molecular weight is 458 g/mol. The van der Waals surface area contributed by atoms with E-state index in [-0.39, 0.29) is 19.1 Å². The number of thiophene rings is 1. The minimum Gasteiger partial charge on any atom is -0.483 e. The van der Waals surface area contributed by atoms with E-state index in [2.05, 4.69) is 5.32 Å². The summed E-state index contributed by atoms with van der Waals surface area (Å²) in [5.41, 5.74) is 5.11. The molecule has 1 N–H and O–H groups in total. The second-order valence-electron chi connectivity index (χ2n) is 7.12. The topological polar surface area (TPSA) is 64.6 Å². The van der Waals surface area contributed by atoms with Crippen molar-refractivity contribution >= 4 is 39.8 Å². The SMILES string of the molecule is CCOC(=O)c1c(-c2ccc(C)c(C)c2)csc1NC(=O)COc1ccc(Cl)cc1C. The number of benzene rings is 2. The number of carbonyl (C=O) groups is 2. The molecule has 162 valence electrons. The molecule has 5 nitrogen and oxygen atoms in total. The van der Waals surface area contributed by atoms with Crippen molar-refractivity contribution in [3.63, 3.8) is 0 Å². The number of aryl methyl sites for hydroxylation is 3. The molecule has 0 atom stereocenters. The number of halogens is 1. The van der Waals surface area contributed by atoms with Crippen LogP contribution in [0.1, 0.15) is 34.0 Å². The fourth-order valence-electron chi connectivity index (χ4n) is 3.06. The van der Waals surface area contributed by atoms with Gasteiger partial charge < -0.3 is 14.8 Å². The summed E-state index contributed by atoms with van der Waals surface area (Å²) in [6, 6.07) is 11.2. The quantitative estimate of drug-likeness (QED) is 0.430. The van der Waals surface area contributed by atoms with E-state index in [1.165, 1.54) is 16.9 Å². The highest BCUT2D eigenvalue weighted by molar-refractivity contribution is 7.15. The molecule has 0 aliphatic rings. The third-order valence-electron chi connectivity index (χ3n) is 4.84. The molecule has 0 unspecified atom stereocenters. The number of esters is 1. The Kier molecular flexibility index (Phi) is 7.36. The molecule has 3 rings (SSSR count). The van der Waals surface area contributed by atoms with Crippen molar-refractivity contribution < 1.29 is 19.1 Å². The zero-order valence-electron chi connectivity index (χ0n) is 17.9. The number of amides is 1. The first-order valence-corrected chi connectivity index (χ1v) is 11.1. The van der Waals surface area contributed by atoms with Gasteiger partial charge in [-0.1, -0.05) is 29.8 Å². The molecule has 1 amide bonds. The smallest absolute Gasteiger partial charge is 0.341 e. The number of rotatable bonds is 7. The normalized spacial score (nSPS) is 10.6. The number of hydrogen-bond donors (Lipinski definition) is 1. The van der Waals surface area contributed by atoms with Crippen molar-refractivity contribution in [1.82, 2.24) is 0 Å². The summed E-state index contributed by atoms with van der Waals surface area (Å²) in [6.07, 6.45) is 0. The van der Waals surface area contributed by atoms with E-state index in [4.69, 9.17) is 21.1 Å². The van der Waals surface area contributed by atoms with Gasteiger partial charge >= 0.3 is 5.97 Å². The summed E-state index contributed by atoms with van der Waals surface area (Å²) in [5, 5.41) is 5.69. The zero-order chi connectivity index (χ0) is 22.5. The van der Waals surface area contributed by atoms with E-state index in [0.29, 0.717) is 21.3 Å². The number of ether oxygens (including phenoxy) is 2. The molecule has 0 radical (unpaired) electrons. The van der Waals surface area contributed by atoms with Gasteiger partial charge in [-0.15, -0.1) is 11.3 Å². The minimum absolute atomic E-state index is 0.193. The largest absolute Gasteiger partial charge is 0.483 e. The molecule has 0 fully saturated rings. The van der Waals surface area contributed by atoms with Crippen molar-refractivity contribution in [2.75, 3.05) is 18.5 Å². The Labute approximate surface area is 191 Å². The van der Waals surface area contributed by atoms with Gasteiger partial charge in [-0.3, -0.25) is 4.79 Å². The first-order chi connectivity index (χ1) is 14.8. The molecule has 0 saturated carbocycles. The molecule has 2 aromatic carbocycles. The van der Waals surface area contributed by atoms with Crippen molar-refractivity contribution in [1.29, 1.82) is 0 Å². The first kappa shape index (κ1) is 22.8. The van der Waals surface area contributed by atoms with Gasteiger partial charge in [0, 0.05) is 16.0 Å². The van der Waals surface area contributed by atoms with Gasteiger partial charge in [0.25, 0.3) is 5.91 Å². The van der Waals surface area contributed by atoms with Crippen LogP contribution >= 0.6 is 22.9 Å². The van der Waals surface area contributed by atoms with Gasteiger partial charge in [-0.25, -0.2) is 4.79 Å². The molecule has 0 saturated heterocycles. The second kappa shape index (κ2) is 9.98. The Morgan fingerprint density at radius 3 is 2.48 bits per heavy atom. The Bertz CT molecular complexity index is 1120. The third-order valence-corrected chi connectivity index (χ3v) is 5.97. The zero-order valence-corrected chi connectivity index (χ0v) is 19.4. The second-order valence-corrected chi connectivity index (χ2v) is 8.44. The lowest BCUT2D eigenvalue weighted by Crippen LogP contribution is -2.21. The maximum Gasteiger partial charge on any atom is 0.341 e. The van der Waals surface area contributed by atoms with Crippen LogP contribution in [0, 0.1) is 20.8 Å². The lowest BCUT2D eigenvalue weighted by Gasteiger charge is -2.11. The fraction of sp³-hybridized carbons (Fsp3) is 0.250. The highest BCUT2D eigenvalue weighted by Gasteiger charge is 2.23. The molecule has 0 spiro atoms. The fourth-order valence-corrected chi connectivity index (χ4v) is 4.26. The number of anilines is 1. The molecule has 1 heterocycles. The van der Waals surface area contributed by atoms with Crippen LogP contribution in [0.25, 0.3) is 11.1 Å². The monoisotopic (exact) mass is 457 g/mol. The van der Waals surface area contributed by atoms with Crippen molar-refractivity contribution in [2.24, 2.45) is 0 Å². The van der Waals surface area contributed by atoms with Gasteiger partial charge in [0.2, 0.25) is 0 Å². The summed E-state index contributed by atoms with van der Waals surface area (Å²) < 4.78 is 10.9. The number of carbonyl (C=O) groups excluding carboxylic acids is 2. The lowest BCUT2D eigenvalue weighted by molar-refractivity contribution is -0.118. The molecule has 0 aliphatic carbocycles. The van der Waals surface area contributed by atoms with Crippen LogP contribution in [0.5, 0.6) is 5.75 Å². The first-order valence-electron chi connectivity index (χ1n) is 9.85. The van der Waals surface area contributed by atoms with E-state index in [1.807, 2.05) is 44.4 Å². The van der Waals surface area contributed by atoms with Crippen LogP contribution < -0.4 is 10.1 Å². The summed E-state index contributed by atoms with van der Waals surface area (Å²) in [7, 11) is 0. The Hall–Kier alpha value is -2.83. The van der Waals surface area contributed by atoms with Crippen LogP contribution in [0.3, 0.4) is 0 Å². The van der Waals surface area contributed by atoms with Crippen LogP contribution in [-0.2, 0) is 9.53 Å². The minimum atomic E-state index is -0.471. The molecule has 3 aromatic rings. The highest BCUT2D eigenvalue weighted by Crippen LogP contribution is 2.37. The predicted octanol–water partition coefficient (Wildman–Crippen LogP) is 6.19. The van der Waals surface area contributed by atoms with Crippen molar-refractivity contribution in [3.05, 3.63) is 69.1 Å². The molecule has 0 bridgehead atoms. The molecule has 7 heteroatoms. The molecular formula is C24H24ClNO4S. The highest BCUT2D eigenvalue weighted by atomic mass is 35.5. The standard InChI is InChI=1S/C24H24ClNO4S/c1-5-29-24(28)22-19(17-7-6-14(2)15(3)10-17)13-31-23(22)26-21(27)12-30-20-9-8-18(25)11-16(20)4/h6-11,13H,5,12H2,1-4H3,(H,26,27). The molecule has 0 aliphatic heterocycles. The van der Waals surface area contributed by atoms with Crippen LogP contribution in [-0.4, -0.2) is 25.1 Å². The lowest BCUT2D eigenvalue weighted by atomic mass is 9.99. The Morgan fingerprint density at radius 1 is 1.03 bits per heavy atom. The summed E-state index contributed by atoms with van der Waals surface area (Å²) in [6.45, 7) is 7.71. The summed E-state index contributed by atoms with van der Waals surface area (Å²) >= 11 is 7.24. The van der Waals surface area contributed by atoms with E-state index < -0.39 is 5.97 Å².